The van der Waals surface area contributed by atoms with Gasteiger partial charge in [-0.25, -0.2) is 0 Å². The standard InChI is InChI=1S/C16H15Br2Cl/c1-2-3-11-4-6-12(7-5-11)16(18)14-9-8-13(17)10-15(14)19/h4-10,16H,2-3H2,1H3. The van der Waals surface area contributed by atoms with E-state index in [1.807, 2.05) is 18.2 Å². The van der Waals surface area contributed by atoms with E-state index in [4.69, 9.17) is 11.6 Å². The largest absolute Gasteiger partial charge is 0.0839 e. The highest BCUT2D eigenvalue weighted by molar-refractivity contribution is 9.10. The molecule has 0 N–H and O–H groups in total. The minimum absolute atomic E-state index is 0.128. The van der Waals surface area contributed by atoms with E-state index in [1.165, 1.54) is 17.5 Å². The van der Waals surface area contributed by atoms with Gasteiger partial charge in [-0.2, -0.15) is 0 Å². The number of hydrogen-bond acceptors (Lipinski definition) is 0. The van der Waals surface area contributed by atoms with Crippen molar-refractivity contribution < 1.29 is 0 Å². The van der Waals surface area contributed by atoms with Crippen LogP contribution in [0.1, 0.15) is 34.9 Å². The van der Waals surface area contributed by atoms with Crippen molar-refractivity contribution in [3.8, 4) is 0 Å². The number of hydrogen-bond donors (Lipinski definition) is 0. The van der Waals surface area contributed by atoms with Crippen LogP contribution in [-0.2, 0) is 6.42 Å². The molecule has 1 unspecified atom stereocenters. The molecule has 3 heteroatoms. The van der Waals surface area contributed by atoms with Crippen molar-refractivity contribution in [2.45, 2.75) is 24.6 Å². The molecule has 0 amide bonds. The molecule has 2 aromatic carbocycles. The normalized spacial score (nSPS) is 12.4. The molecule has 0 aromatic heterocycles. The summed E-state index contributed by atoms with van der Waals surface area (Å²) in [6.45, 7) is 2.20. The molecule has 0 radical (unpaired) electrons. The topological polar surface area (TPSA) is 0 Å². The zero-order chi connectivity index (χ0) is 13.8. The molecule has 19 heavy (non-hydrogen) atoms. The number of halogens is 3. The third-order valence-electron chi connectivity index (χ3n) is 3.05. The average molecular weight is 403 g/mol. The Balaban J connectivity index is 2.25. The Morgan fingerprint density at radius 2 is 1.79 bits per heavy atom. The molecule has 0 saturated heterocycles. The van der Waals surface area contributed by atoms with Crippen molar-refractivity contribution in [2.24, 2.45) is 0 Å². The lowest BCUT2D eigenvalue weighted by Crippen LogP contribution is -1.94. The van der Waals surface area contributed by atoms with E-state index in [2.05, 4.69) is 63.0 Å². The highest BCUT2D eigenvalue weighted by Gasteiger charge is 2.13. The third kappa shape index (κ3) is 3.84. The molecular weight excluding hydrogens is 387 g/mol. The first-order chi connectivity index (χ1) is 9.11. The molecule has 0 fully saturated rings. The summed E-state index contributed by atoms with van der Waals surface area (Å²) in [5.74, 6) is 0. The van der Waals surface area contributed by atoms with Crippen LogP contribution in [0.2, 0.25) is 5.02 Å². The summed E-state index contributed by atoms with van der Waals surface area (Å²) >= 11 is 13.5. The molecule has 0 nitrogen and oxygen atoms in total. The second-order valence-electron chi connectivity index (χ2n) is 4.52. The fourth-order valence-electron chi connectivity index (χ4n) is 2.03. The summed E-state index contributed by atoms with van der Waals surface area (Å²) in [7, 11) is 0. The smallest absolute Gasteiger partial charge is 0.0659 e. The van der Waals surface area contributed by atoms with E-state index in [9.17, 15) is 0 Å². The maximum Gasteiger partial charge on any atom is 0.0659 e. The SMILES string of the molecule is CCCc1ccc(C(Br)c2ccc(Br)cc2Cl)cc1. The highest BCUT2D eigenvalue weighted by Crippen LogP contribution is 2.36. The van der Waals surface area contributed by atoms with Crippen LogP contribution in [0.4, 0.5) is 0 Å². The molecule has 100 valence electrons. The van der Waals surface area contributed by atoms with Gasteiger partial charge in [-0.3, -0.25) is 0 Å². The van der Waals surface area contributed by atoms with Gasteiger partial charge in [-0.1, -0.05) is 87.1 Å². The predicted octanol–water partition coefficient (Wildman–Crippen LogP) is 6.54. The molecule has 0 aliphatic heterocycles. The van der Waals surface area contributed by atoms with Gasteiger partial charge >= 0.3 is 0 Å². The van der Waals surface area contributed by atoms with Gasteiger partial charge < -0.3 is 0 Å². The van der Waals surface area contributed by atoms with Crippen LogP contribution >= 0.6 is 43.5 Å². The second kappa shape index (κ2) is 6.92. The molecular formula is C16H15Br2Cl. The third-order valence-corrected chi connectivity index (χ3v) is 4.89. The maximum absolute atomic E-state index is 6.30. The fraction of sp³-hybridized carbons (Fsp3) is 0.250. The van der Waals surface area contributed by atoms with Gasteiger partial charge in [-0.05, 0) is 35.2 Å². The highest BCUT2D eigenvalue weighted by atomic mass is 79.9. The molecule has 0 bridgehead atoms. The van der Waals surface area contributed by atoms with Gasteiger partial charge in [0, 0.05) is 9.50 Å². The average Bonchev–Trinajstić information content (AvgIpc) is 2.39. The number of alkyl halides is 1. The summed E-state index contributed by atoms with van der Waals surface area (Å²) < 4.78 is 0.999. The summed E-state index contributed by atoms with van der Waals surface area (Å²) in [5, 5.41) is 0.772. The molecule has 0 spiro atoms. The van der Waals surface area contributed by atoms with E-state index in [0.717, 1.165) is 21.5 Å². The first kappa shape index (κ1) is 15.1. The van der Waals surface area contributed by atoms with Crippen molar-refractivity contribution in [3.05, 3.63) is 68.7 Å². The van der Waals surface area contributed by atoms with E-state index in [-0.39, 0.29) is 4.83 Å². The Kier molecular flexibility index (Phi) is 5.49. The van der Waals surface area contributed by atoms with Crippen molar-refractivity contribution in [1.82, 2.24) is 0 Å². The van der Waals surface area contributed by atoms with Crippen LogP contribution in [0.25, 0.3) is 0 Å². The summed E-state index contributed by atoms with van der Waals surface area (Å²) in [6.07, 6.45) is 2.31. The minimum Gasteiger partial charge on any atom is -0.0839 e. The van der Waals surface area contributed by atoms with Crippen LogP contribution in [-0.4, -0.2) is 0 Å². The molecule has 2 rings (SSSR count). The van der Waals surface area contributed by atoms with Crippen molar-refractivity contribution in [1.29, 1.82) is 0 Å². The quantitative estimate of drug-likeness (QED) is 0.509. The van der Waals surface area contributed by atoms with Crippen molar-refractivity contribution >= 4 is 43.5 Å². The Morgan fingerprint density at radius 3 is 2.37 bits per heavy atom. The van der Waals surface area contributed by atoms with Crippen molar-refractivity contribution in [3.63, 3.8) is 0 Å². The Morgan fingerprint density at radius 1 is 1.11 bits per heavy atom. The van der Waals surface area contributed by atoms with Gasteiger partial charge in [0.05, 0.1) is 4.83 Å². The first-order valence-corrected chi connectivity index (χ1v) is 8.38. The summed E-state index contributed by atoms with van der Waals surface area (Å²) in [6, 6.07) is 14.7. The van der Waals surface area contributed by atoms with Gasteiger partial charge in [0.15, 0.2) is 0 Å². The van der Waals surface area contributed by atoms with Gasteiger partial charge in [-0.15, -0.1) is 0 Å². The molecule has 0 heterocycles. The van der Waals surface area contributed by atoms with Crippen LogP contribution in [0, 0.1) is 0 Å². The molecule has 1 atom stereocenters. The van der Waals surface area contributed by atoms with E-state index >= 15 is 0 Å². The molecule has 0 aliphatic carbocycles. The number of rotatable bonds is 4. The van der Waals surface area contributed by atoms with Gasteiger partial charge in [0.1, 0.15) is 0 Å². The van der Waals surface area contributed by atoms with E-state index in [0.29, 0.717) is 0 Å². The van der Waals surface area contributed by atoms with Gasteiger partial charge in [0.2, 0.25) is 0 Å². The van der Waals surface area contributed by atoms with Crippen LogP contribution in [0.15, 0.2) is 46.9 Å². The van der Waals surface area contributed by atoms with E-state index < -0.39 is 0 Å². The first-order valence-electron chi connectivity index (χ1n) is 6.29. The molecule has 2 aromatic rings. The monoisotopic (exact) mass is 400 g/mol. The predicted molar refractivity (Wildman–Crippen MR) is 90.4 cm³/mol. The van der Waals surface area contributed by atoms with Crippen LogP contribution < -0.4 is 0 Å². The Bertz CT molecular complexity index is 549. The van der Waals surface area contributed by atoms with Crippen LogP contribution in [0.3, 0.4) is 0 Å². The zero-order valence-corrected chi connectivity index (χ0v) is 14.6. The summed E-state index contributed by atoms with van der Waals surface area (Å²) in [4.78, 5) is 0.128. The lowest BCUT2D eigenvalue weighted by atomic mass is 10.0. The Hall–Kier alpha value is -0.310. The molecule has 0 aliphatic rings. The zero-order valence-electron chi connectivity index (χ0n) is 10.7. The minimum atomic E-state index is 0.128. The number of benzene rings is 2. The second-order valence-corrected chi connectivity index (χ2v) is 6.76. The fourth-order valence-corrected chi connectivity index (χ4v) is 3.65. The lowest BCUT2D eigenvalue weighted by molar-refractivity contribution is 0.920. The van der Waals surface area contributed by atoms with Crippen molar-refractivity contribution in [2.75, 3.05) is 0 Å². The van der Waals surface area contributed by atoms with Crippen LogP contribution in [0.5, 0.6) is 0 Å². The van der Waals surface area contributed by atoms with E-state index in [1.54, 1.807) is 0 Å². The number of aryl methyl sites for hydroxylation is 1. The molecule has 0 saturated carbocycles. The Labute approximate surface area is 136 Å². The maximum atomic E-state index is 6.30. The summed E-state index contributed by atoms with van der Waals surface area (Å²) in [5.41, 5.74) is 3.70. The lowest BCUT2D eigenvalue weighted by Gasteiger charge is -2.13. The van der Waals surface area contributed by atoms with Gasteiger partial charge in [0.25, 0.3) is 0 Å².